The molecule has 2 rings (SSSR count). The first-order valence-electron chi connectivity index (χ1n) is 5.60. The van der Waals surface area contributed by atoms with Crippen LogP contribution < -0.4 is 5.32 Å². The number of rotatable bonds is 3. The van der Waals surface area contributed by atoms with E-state index in [1.807, 2.05) is 30.3 Å². The van der Waals surface area contributed by atoms with Crippen molar-refractivity contribution >= 4 is 11.6 Å². The summed E-state index contributed by atoms with van der Waals surface area (Å²) in [6.07, 6.45) is 4.27. The first-order chi connectivity index (χ1) is 8.29. The second-order valence-electron chi connectivity index (χ2n) is 3.75. The smallest absolute Gasteiger partial charge is 0.255 e. The molecule has 1 amide bonds. The largest absolute Gasteiger partial charge is 0.321 e. The minimum atomic E-state index is -0.111. The molecule has 17 heavy (non-hydrogen) atoms. The standard InChI is InChI=1S/C14H14N2O/c1-2-11-5-7-12(8-6-11)14(17)16-13-4-3-9-15-10-13/h3-10H,2H2,1H3,(H,16,17). The van der Waals surface area contributed by atoms with E-state index < -0.39 is 0 Å². The van der Waals surface area contributed by atoms with E-state index in [1.54, 1.807) is 18.5 Å². The minimum absolute atomic E-state index is 0.111. The zero-order valence-electron chi connectivity index (χ0n) is 9.68. The van der Waals surface area contributed by atoms with E-state index in [2.05, 4.69) is 17.2 Å². The van der Waals surface area contributed by atoms with Crippen molar-refractivity contribution in [3.8, 4) is 0 Å². The average Bonchev–Trinajstić information content (AvgIpc) is 2.40. The molecule has 0 aliphatic heterocycles. The number of aromatic nitrogens is 1. The minimum Gasteiger partial charge on any atom is -0.321 e. The Morgan fingerprint density at radius 3 is 2.59 bits per heavy atom. The number of hydrogen-bond acceptors (Lipinski definition) is 2. The summed E-state index contributed by atoms with van der Waals surface area (Å²) in [6.45, 7) is 2.09. The highest BCUT2D eigenvalue weighted by molar-refractivity contribution is 6.04. The molecule has 0 fully saturated rings. The Balaban J connectivity index is 2.09. The Hall–Kier alpha value is -2.16. The van der Waals surface area contributed by atoms with Gasteiger partial charge in [0.1, 0.15) is 0 Å². The maximum atomic E-state index is 11.9. The van der Waals surface area contributed by atoms with E-state index in [0.29, 0.717) is 11.3 Å². The van der Waals surface area contributed by atoms with Gasteiger partial charge in [-0.3, -0.25) is 9.78 Å². The molecule has 0 saturated heterocycles. The molecular formula is C14H14N2O. The summed E-state index contributed by atoms with van der Waals surface area (Å²) in [5.41, 5.74) is 2.59. The highest BCUT2D eigenvalue weighted by atomic mass is 16.1. The highest BCUT2D eigenvalue weighted by Crippen LogP contribution is 2.09. The fourth-order valence-electron chi connectivity index (χ4n) is 1.53. The summed E-state index contributed by atoms with van der Waals surface area (Å²) in [6, 6.07) is 11.2. The SMILES string of the molecule is CCc1ccc(C(=O)Nc2cccnc2)cc1. The molecule has 1 N–H and O–H groups in total. The second-order valence-corrected chi connectivity index (χ2v) is 3.75. The molecule has 0 aliphatic rings. The van der Waals surface area contributed by atoms with Crippen molar-refractivity contribution < 1.29 is 4.79 Å². The van der Waals surface area contributed by atoms with E-state index in [1.165, 1.54) is 5.56 Å². The molecule has 2 aromatic rings. The van der Waals surface area contributed by atoms with Crippen LogP contribution in [0, 0.1) is 0 Å². The predicted octanol–water partition coefficient (Wildman–Crippen LogP) is 2.90. The van der Waals surface area contributed by atoms with Gasteiger partial charge in [0.05, 0.1) is 11.9 Å². The third-order valence-corrected chi connectivity index (χ3v) is 2.54. The summed E-state index contributed by atoms with van der Waals surface area (Å²) in [7, 11) is 0. The lowest BCUT2D eigenvalue weighted by Crippen LogP contribution is -2.11. The van der Waals surface area contributed by atoms with Gasteiger partial charge in [0.2, 0.25) is 0 Å². The molecule has 0 unspecified atom stereocenters. The van der Waals surface area contributed by atoms with E-state index in [4.69, 9.17) is 0 Å². The van der Waals surface area contributed by atoms with Crippen LogP contribution in [0.3, 0.4) is 0 Å². The summed E-state index contributed by atoms with van der Waals surface area (Å²) in [5.74, 6) is -0.111. The number of nitrogens with zero attached hydrogens (tertiary/aromatic N) is 1. The molecular weight excluding hydrogens is 212 g/mol. The zero-order valence-corrected chi connectivity index (χ0v) is 9.68. The van der Waals surface area contributed by atoms with E-state index >= 15 is 0 Å². The van der Waals surface area contributed by atoms with Crippen molar-refractivity contribution in [2.45, 2.75) is 13.3 Å². The number of hydrogen-bond donors (Lipinski definition) is 1. The van der Waals surface area contributed by atoms with Crippen LogP contribution >= 0.6 is 0 Å². The van der Waals surface area contributed by atoms with Crippen LogP contribution in [0.1, 0.15) is 22.8 Å². The van der Waals surface area contributed by atoms with Gasteiger partial charge in [-0.1, -0.05) is 19.1 Å². The number of amides is 1. The molecule has 0 aliphatic carbocycles. The van der Waals surface area contributed by atoms with Crippen LogP contribution in [0.4, 0.5) is 5.69 Å². The normalized spacial score (nSPS) is 9.94. The van der Waals surface area contributed by atoms with Gasteiger partial charge in [-0.25, -0.2) is 0 Å². The maximum Gasteiger partial charge on any atom is 0.255 e. The molecule has 1 aromatic carbocycles. The average molecular weight is 226 g/mol. The lowest BCUT2D eigenvalue weighted by Gasteiger charge is -2.05. The lowest BCUT2D eigenvalue weighted by atomic mass is 10.1. The first kappa shape index (κ1) is 11.3. The third-order valence-electron chi connectivity index (χ3n) is 2.54. The van der Waals surface area contributed by atoms with Crippen molar-refractivity contribution in [3.63, 3.8) is 0 Å². The van der Waals surface area contributed by atoms with Crippen LogP contribution in [0.2, 0.25) is 0 Å². The van der Waals surface area contributed by atoms with E-state index in [0.717, 1.165) is 6.42 Å². The van der Waals surface area contributed by atoms with Gasteiger partial charge in [-0.15, -0.1) is 0 Å². The number of aryl methyl sites for hydroxylation is 1. The number of benzene rings is 1. The lowest BCUT2D eigenvalue weighted by molar-refractivity contribution is 0.102. The quantitative estimate of drug-likeness (QED) is 0.874. The van der Waals surface area contributed by atoms with Crippen molar-refractivity contribution in [1.82, 2.24) is 4.98 Å². The third kappa shape index (κ3) is 2.91. The molecule has 0 spiro atoms. The van der Waals surface area contributed by atoms with Gasteiger partial charge >= 0.3 is 0 Å². The van der Waals surface area contributed by atoms with Crippen LogP contribution in [-0.2, 0) is 6.42 Å². The number of carbonyl (C=O) groups excluding carboxylic acids is 1. The van der Waals surface area contributed by atoms with Crippen molar-refractivity contribution in [2.24, 2.45) is 0 Å². The monoisotopic (exact) mass is 226 g/mol. The Morgan fingerprint density at radius 2 is 2.00 bits per heavy atom. The second kappa shape index (κ2) is 5.25. The van der Waals surface area contributed by atoms with Gasteiger partial charge < -0.3 is 5.32 Å². The number of anilines is 1. The fraction of sp³-hybridized carbons (Fsp3) is 0.143. The molecule has 0 saturated carbocycles. The fourth-order valence-corrected chi connectivity index (χ4v) is 1.53. The van der Waals surface area contributed by atoms with Gasteiger partial charge in [-0.2, -0.15) is 0 Å². The number of pyridine rings is 1. The van der Waals surface area contributed by atoms with Gasteiger partial charge in [0.25, 0.3) is 5.91 Å². The van der Waals surface area contributed by atoms with E-state index in [-0.39, 0.29) is 5.91 Å². The maximum absolute atomic E-state index is 11.9. The summed E-state index contributed by atoms with van der Waals surface area (Å²) < 4.78 is 0. The number of nitrogens with one attached hydrogen (secondary N) is 1. The zero-order chi connectivity index (χ0) is 12.1. The van der Waals surface area contributed by atoms with E-state index in [9.17, 15) is 4.79 Å². The van der Waals surface area contributed by atoms with Crippen LogP contribution in [0.25, 0.3) is 0 Å². The molecule has 86 valence electrons. The molecule has 0 atom stereocenters. The van der Waals surface area contributed by atoms with Gasteiger partial charge in [0.15, 0.2) is 0 Å². The first-order valence-corrected chi connectivity index (χ1v) is 5.60. The van der Waals surface area contributed by atoms with Crippen LogP contribution in [-0.4, -0.2) is 10.9 Å². The van der Waals surface area contributed by atoms with Crippen LogP contribution in [0.15, 0.2) is 48.8 Å². The van der Waals surface area contributed by atoms with Crippen molar-refractivity contribution in [1.29, 1.82) is 0 Å². The molecule has 1 aromatic heterocycles. The summed E-state index contributed by atoms with van der Waals surface area (Å²) >= 11 is 0. The molecule has 3 heteroatoms. The van der Waals surface area contributed by atoms with Gasteiger partial charge in [-0.05, 0) is 36.2 Å². The Labute approximate surface area is 101 Å². The molecule has 0 bridgehead atoms. The molecule has 0 radical (unpaired) electrons. The predicted molar refractivity (Wildman–Crippen MR) is 68.0 cm³/mol. The summed E-state index contributed by atoms with van der Waals surface area (Å²) in [5, 5.41) is 2.79. The number of carbonyl (C=O) groups is 1. The van der Waals surface area contributed by atoms with Crippen molar-refractivity contribution in [3.05, 3.63) is 59.9 Å². The summed E-state index contributed by atoms with van der Waals surface area (Å²) in [4.78, 5) is 15.8. The molecule has 3 nitrogen and oxygen atoms in total. The van der Waals surface area contributed by atoms with Crippen LogP contribution in [0.5, 0.6) is 0 Å². The molecule has 1 heterocycles. The van der Waals surface area contributed by atoms with Crippen molar-refractivity contribution in [2.75, 3.05) is 5.32 Å². The Kier molecular flexibility index (Phi) is 3.50. The Morgan fingerprint density at radius 1 is 1.24 bits per heavy atom. The van der Waals surface area contributed by atoms with Gasteiger partial charge in [0, 0.05) is 11.8 Å². The topological polar surface area (TPSA) is 42.0 Å². The highest BCUT2D eigenvalue weighted by Gasteiger charge is 2.05. The Bertz CT molecular complexity index is 491.